The quantitative estimate of drug-likeness (QED) is 0.444. The van der Waals surface area contributed by atoms with Crippen LogP contribution in [0.25, 0.3) is 11.0 Å². The number of carbonyl (C=O) groups is 1. The van der Waals surface area contributed by atoms with Crippen molar-refractivity contribution in [1.82, 2.24) is 9.55 Å². The second-order valence-electron chi connectivity index (χ2n) is 8.87. The largest absolute Gasteiger partial charge is 0.497 e. The normalized spacial score (nSPS) is 19.8. The summed E-state index contributed by atoms with van der Waals surface area (Å²) in [6, 6.07) is 24.4. The van der Waals surface area contributed by atoms with Gasteiger partial charge in [-0.05, 0) is 60.2 Å². The summed E-state index contributed by atoms with van der Waals surface area (Å²) in [6.07, 6.45) is 1.27. The third-order valence-electron chi connectivity index (χ3n) is 6.97. The van der Waals surface area contributed by atoms with Crippen LogP contribution in [-0.2, 0) is 4.79 Å². The zero-order valence-corrected chi connectivity index (χ0v) is 18.7. The molecule has 0 spiro atoms. The van der Waals surface area contributed by atoms with E-state index in [1.165, 1.54) is 5.56 Å². The fourth-order valence-electron chi connectivity index (χ4n) is 5.32. The summed E-state index contributed by atoms with van der Waals surface area (Å²) in [5, 5.41) is 3.55. The molecule has 2 atom stereocenters. The van der Waals surface area contributed by atoms with Gasteiger partial charge in [-0.1, -0.05) is 48.5 Å². The van der Waals surface area contributed by atoms with E-state index in [0.717, 1.165) is 51.5 Å². The van der Waals surface area contributed by atoms with Gasteiger partial charge in [-0.25, -0.2) is 4.98 Å². The number of nitrogens with one attached hydrogen (secondary N) is 1. The van der Waals surface area contributed by atoms with Gasteiger partial charge in [-0.15, -0.1) is 0 Å². The number of allylic oxidation sites excluding steroid dienone is 2. The fraction of sp³-hybridized carbons (Fsp3) is 0.214. The van der Waals surface area contributed by atoms with Gasteiger partial charge >= 0.3 is 0 Å². The first kappa shape index (κ1) is 19.8. The number of aromatic nitrogens is 2. The van der Waals surface area contributed by atoms with Crippen molar-refractivity contribution in [3.63, 3.8) is 0 Å². The van der Waals surface area contributed by atoms with Crippen molar-refractivity contribution in [3.05, 3.63) is 101 Å². The van der Waals surface area contributed by atoms with Gasteiger partial charge in [-0.3, -0.25) is 9.36 Å². The molecule has 2 aliphatic rings. The molecule has 1 aliphatic heterocycles. The lowest BCUT2D eigenvalue weighted by atomic mass is 9.77. The maximum Gasteiger partial charge on any atom is 0.209 e. The van der Waals surface area contributed by atoms with Gasteiger partial charge in [0.05, 0.1) is 24.2 Å². The average Bonchev–Trinajstić information content (AvgIpc) is 3.21. The molecule has 0 bridgehead atoms. The van der Waals surface area contributed by atoms with Crippen molar-refractivity contribution in [2.75, 3.05) is 12.4 Å². The highest BCUT2D eigenvalue weighted by Gasteiger charge is 2.39. The smallest absolute Gasteiger partial charge is 0.209 e. The SMILES string of the molecule is COc1ccc(C2CC(=O)C3=C(C2)Nc2nc4ccccc4n2C3c2ccccc2C)cc1. The maximum absolute atomic E-state index is 13.7. The number of aryl methyl sites for hydroxylation is 1. The maximum atomic E-state index is 13.7. The van der Waals surface area contributed by atoms with E-state index in [9.17, 15) is 4.79 Å². The second kappa shape index (κ2) is 7.62. The van der Waals surface area contributed by atoms with Crippen LogP contribution in [0.2, 0.25) is 0 Å². The Bertz CT molecular complexity index is 1410. The number of ketones is 1. The molecule has 33 heavy (non-hydrogen) atoms. The second-order valence-corrected chi connectivity index (χ2v) is 8.87. The lowest BCUT2D eigenvalue weighted by Crippen LogP contribution is -2.33. The van der Waals surface area contributed by atoms with Crippen LogP contribution in [0.15, 0.2) is 84.1 Å². The third-order valence-corrected chi connectivity index (χ3v) is 6.97. The van der Waals surface area contributed by atoms with E-state index in [4.69, 9.17) is 9.72 Å². The van der Waals surface area contributed by atoms with Gasteiger partial charge in [0.25, 0.3) is 0 Å². The molecule has 6 rings (SSSR count). The molecule has 0 fully saturated rings. The van der Waals surface area contributed by atoms with E-state index in [-0.39, 0.29) is 17.7 Å². The summed E-state index contributed by atoms with van der Waals surface area (Å²) in [5.41, 5.74) is 7.29. The number of methoxy groups -OCH3 is 1. The fourth-order valence-corrected chi connectivity index (χ4v) is 5.32. The van der Waals surface area contributed by atoms with Crippen molar-refractivity contribution >= 4 is 22.8 Å². The molecule has 5 heteroatoms. The van der Waals surface area contributed by atoms with E-state index in [2.05, 4.69) is 53.2 Å². The lowest BCUT2D eigenvalue weighted by Gasteiger charge is -2.37. The summed E-state index contributed by atoms with van der Waals surface area (Å²) in [5.74, 6) is 1.95. The third kappa shape index (κ3) is 3.15. The highest BCUT2D eigenvalue weighted by molar-refractivity contribution is 6.01. The number of nitrogens with zero attached hydrogens (tertiary/aromatic N) is 2. The number of para-hydroxylation sites is 2. The van der Waals surface area contributed by atoms with E-state index in [0.29, 0.717) is 6.42 Å². The monoisotopic (exact) mass is 435 g/mol. The van der Waals surface area contributed by atoms with Gasteiger partial charge in [0.2, 0.25) is 5.95 Å². The molecule has 0 saturated heterocycles. The number of anilines is 1. The van der Waals surface area contributed by atoms with Gasteiger partial charge in [0.1, 0.15) is 5.75 Å². The number of Topliss-reactive ketones (excluding diaryl/α,β-unsaturated/α-hetero) is 1. The zero-order valence-electron chi connectivity index (χ0n) is 18.7. The Labute approximate surface area is 192 Å². The molecule has 0 amide bonds. The Morgan fingerprint density at radius 3 is 2.52 bits per heavy atom. The van der Waals surface area contributed by atoms with Gasteiger partial charge in [0, 0.05) is 17.7 Å². The highest BCUT2D eigenvalue weighted by Crippen LogP contribution is 2.46. The molecule has 5 nitrogen and oxygen atoms in total. The Balaban J connectivity index is 1.50. The van der Waals surface area contributed by atoms with Crippen molar-refractivity contribution in [2.24, 2.45) is 0 Å². The topological polar surface area (TPSA) is 56.1 Å². The number of hydrogen-bond acceptors (Lipinski definition) is 4. The number of rotatable bonds is 3. The van der Waals surface area contributed by atoms with E-state index < -0.39 is 0 Å². The van der Waals surface area contributed by atoms with E-state index >= 15 is 0 Å². The van der Waals surface area contributed by atoms with Crippen molar-refractivity contribution in [1.29, 1.82) is 0 Å². The first-order chi connectivity index (χ1) is 16.1. The summed E-state index contributed by atoms with van der Waals surface area (Å²) < 4.78 is 7.50. The molecule has 2 unspecified atom stereocenters. The first-order valence-corrected chi connectivity index (χ1v) is 11.3. The van der Waals surface area contributed by atoms with Crippen molar-refractivity contribution in [3.8, 4) is 5.75 Å². The summed E-state index contributed by atoms with van der Waals surface area (Å²) in [6.45, 7) is 2.11. The molecule has 2 heterocycles. The van der Waals surface area contributed by atoms with Crippen LogP contribution in [-0.4, -0.2) is 22.4 Å². The summed E-state index contributed by atoms with van der Waals surface area (Å²) in [7, 11) is 1.67. The molecule has 3 aromatic carbocycles. The lowest BCUT2D eigenvalue weighted by molar-refractivity contribution is -0.116. The zero-order chi connectivity index (χ0) is 22.5. The van der Waals surface area contributed by atoms with Gasteiger partial charge in [-0.2, -0.15) is 0 Å². The number of benzene rings is 3. The number of fused-ring (bicyclic) bond motifs is 3. The Morgan fingerprint density at radius 1 is 0.970 bits per heavy atom. The molecule has 1 aromatic heterocycles. The van der Waals surface area contributed by atoms with Crippen LogP contribution in [0.5, 0.6) is 5.75 Å². The van der Waals surface area contributed by atoms with E-state index in [1.54, 1.807) is 7.11 Å². The molecular formula is C28H25N3O2. The molecule has 0 saturated carbocycles. The van der Waals surface area contributed by atoms with Gasteiger partial charge < -0.3 is 10.1 Å². The standard InChI is InChI=1S/C28H25N3O2/c1-17-7-3-4-8-21(17)27-26-23(30-28-29-22-9-5-6-10-24(22)31(27)28)15-19(16-25(26)32)18-11-13-20(33-2)14-12-18/h3-14,19,27H,15-16H2,1-2H3,(H,29,30). The minimum absolute atomic E-state index is 0.128. The summed E-state index contributed by atoms with van der Waals surface area (Å²) in [4.78, 5) is 18.6. The van der Waals surface area contributed by atoms with Crippen LogP contribution >= 0.6 is 0 Å². The predicted molar refractivity (Wildman–Crippen MR) is 130 cm³/mol. The number of carbonyl (C=O) groups excluding carboxylic acids is 1. The van der Waals surface area contributed by atoms with Crippen LogP contribution in [0.3, 0.4) is 0 Å². The number of ether oxygens (including phenoxy) is 1. The molecule has 1 aliphatic carbocycles. The highest BCUT2D eigenvalue weighted by atomic mass is 16.5. The van der Waals surface area contributed by atoms with Gasteiger partial charge in [0.15, 0.2) is 5.78 Å². The van der Waals surface area contributed by atoms with Crippen LogP contribution in [0.1, 0.15) is 41.5 Å². The van der Waals surface area contributed by atoms with Crippen molar-refractivity contribution < 1.29 is 9.53 Å². The predicted octanol–water partition coefficient (Wildman–Crippen LogP) is 5.77. The average molecular weight is 436 g/mol. The van der Waals surface area contributed by atoms with Crippen molar-refractivity contribution in [2.45, 2.75) is 31.7 Å². The van der Waals surface area contributed by atoms with E-state index in [1.807, 2.05) is 36.4 Å². The first-order valence-electron chi connectivity index (χ1n) is 11.3. The molecule has 164 valence electrons. The molecule has 0 radical (unpaired) electrons. The number of hydrogen-bond donors (Lipinski definition) is 1. The summed E-state index contributed by atoms with van der Waals surface area (Å²) >= 11 is 0. The van der Waals surface area contributed by atoms with Crippen LogP contribution in [0, 0.1) is 6.92 Å². The van der Waals surface area contributed by atoms with Crippen LogP contribution in [0.4, 0.5) is 5.95 Å². The Kier molecular flexibility index (Phi) is 4.57. The molecule has 4 aromatic rings. The Hall–Kier alpha value is -3.86. The van der Waals surface area contributed by atoms with Crippen LogP contribution < -0.4 is 10.1 Å². The minimum Gasteiger partial charge on any atom is -0.497 e. The minimum atomic E-state index is -0.186. The number of imidazole rings is 1. The Morgan fingerprint density at radius 2 is 1.73 bits per heavy atom. The molecule has 1 N–H and O–H groups in total. The molecular weight excluding hydrogens is 410 g/mol.